The largest absolute Gasteiger partial charge is 0.478 e. The van der Waals surface area contributed by atoms with Gasteiger partial charge in [-0.15, -0.1) is 0 Å². The number of benzene rings is 2. The molecule has 9 nitrogen and oxygen atoms in total. The van der Waals surface area contributed by atoms with E-state index in [4.69, 9.17) is 9.84 Å². The van der Waals surface area contributed by atoms with E-state index < -0.39 is 16.0 Å². The lowest BCUT2D eigenvalue weighted by Crippen LogP contribution is -2.15. The Morgan fingerprint density at radius 1 is 1.06 bits per heavy atom. The minimum Gasteiger partial charge on any atom is -0.478 e. The van der Waals surface area contributed by atoms with Gasteiger partial charge in [-0.25, -0.2) is 23.2 Å². The van der Waals surface area contributed by atoms with Crippen LogP contribution < -0.4 is 9.46 Å². The van der Waals surface area contributed by atoms with Crippen LogP contribution in [0.4, 0.5) is 5.82 Å². The zero-order valence-electron chi connectivity index (χ0n) is 19.2. The number of carboxylic acid groups (broad SMARTS) is 1. The maximum atomic E-state index is 12.9. The number of pyridine rings is 1. The zero-order valence-corrected chi connectivity index (χ0v) is 20.0. The fourth-order valence-electron chi connectivity index (χ4n) is 3.15. The Balaban J connectivity index is 1.65. The highest BCUT2D eigenvalue weighted by atomic mass is 32.2. The molecule has 0 saturated carbocycles. The summed E-state index contributed by atoms with van der Waals surface area (Å²) in [5, 5.41) is 8.79. The molecule has 2 heterocycles. The molecule has 0 bridgehead atoms. The van der Waals surface area contributed by atoms with Crippen LogP contribution in [0.2, 0.25) is 0 Å². The number of nitrogens with one attached hydrogen (secondary N) is 1. The van der Waals surface area contributed by atoms with Crippen molar-refractivity contribution >= 4 is 27.9 Å². The van der Waals surface area contributed by atoms with Crippen LogP contribution in [0.25, 0.3) is 17.3 Å². The number of anilines is 1. The molecule has 0 unspecified atom stereocenters. The molecule has 2 N–H and O–H groups in total. The lowest BCUT2D eigenvalue weighted by Gasteiger charge is -2.13. The Labute approximate surface area is 208 Å². The molecule has 0 saturated heterocycles. The van der Waals surface area contributed by atoms with E-state index in [1.807, 2.05) is 13.0 Å². The van der Waals surface area contributed by atoms with Gasteiger partial charge in [0, 0.05) is 29.6 Å². The van der Waals surface area contributed by atoms with E-state index in [0.29, 0.717) is 16.8 Å². The molecule has 0 spiro atoms. The van der Waals surface area contributed by atoms with Crippen LogP contribution in [-0.2, 0) is 21.4 Å². The van der Waals surface area contributed by atoms with E-state index in [-0.39, 0.29) is 23.2 Å². The number of hydrogen-bond donors (Lipinski definition) is 2. The van der Waals surface area contributed by atoms with Crippen LogP contribution in [0.3, 0.4) is 0 Å². The van der Waals surface area contributed by atoms with Gasteiger partial charge >= 0.3 is 5.97 Å². The van der Waals surface area contributed by atoms with Crippen molar-refractivity contribution in [3.63, 3.8) is 0 Å². The monoisotopic (exact) mass is 502 g/mol. The summed E-state index contributed by atoms with van der Waals surface area (Å²) in [7, 11) is -3.93. The highest BCUT2D eigenvalue weighted by Crippen LogP contribution is 2.28. The van der Waals surface area contributed by atoms with Gasteiger partial charge in [0.25, 0.3) is 15.9 Å². The molecule has 2 aromatic carbocycles. The first-order valence-corrected chi connectivity index (χ1v) is 12.3. The lowest BCUT2D eigenvalue weighted by atomic mass is 10.1. The number of nitrogens with zero attached hydrogens (tertiary/aromatic N) is 3. The maximum absolute atomic E-state index is 12.9. The molecular formula is C26H22N4O5S. The van der Waals surface area contributed by atoms with Gasteiger partial charge in [0.2, 0.25) is 5.82 Å². The molecule has 0 aliphatic carbocycles. The van der Waals surface area contributed by atoms with Crippen LogP contribution in [0.5, 0.6) is 5.88 Å². The summed E-state index contributed by atoms with van der Waals surface area (Å²) in [6.07, 6.45) is 7.24. The molecule has 0 fully saturated rings. The van der Waals surface area contributed by atoms with E-state index in [1.165, 1.54) is 24.4 Å². The number of carbonyl (C=O) groups is 1. The highest BCUT2D eigenvalue weighted by molar-refractivity contribution is 7.92. The van der Waals surface area contributed by atoms with Gasteiger partial charge < -0.3 is 9.84 Å². The normalized spacial score (nSPS) is 11.4. The Kier molecular flexibility index (Phi) is 7.36. The maximum Gasteiger partial charge on any atom is 0.328 e. The molecule has 0 amide bonds. The predicted octanol–water partition coefficient (Wildman–Crippen LogP) is 4.32. The topological polar surface area (TPSA) is 131 Å². The summed E-state index contributed by atoms with van der Waals surface area (Å²) in [5.74, 6) is -1.09. The van der Waals surface area contributed by atoms with Crippen molar-refractivity contribution in [1.29, 1.82) is 0 Å². The summed E-state index contributed by atoms with van der Waals surface area (Å²) in [6.45, 7) is 1.97. The molecular weight excluding hydrogens is 480 g/mol. The molecule has 36 heavy (non-hydrogen) atoms. The van der Waals surface area contributed by atoms with Gasteiger partial charge in [-0.3, -0.25) is 9.71 Å². The van der Waals surface area contributed by atoms with E-state index in [1.54, 1.807) is 54.9 Å². The Morgan fingerprint density at radius 2 is 1.81 bits per heavy atom. The second-order valence-corrected chi connectivity index (χ2v) is 9.45. The molecule has 0 radical (unpaired) electrons. The smallest absolute Gasteiger partial charge is 0.328 e. The van der Waals surface area contributed by atoms with E-state index in [9.17, 15) is 13.2 Å². The number of aliphatic carboxylic acids is 1. The first-order chi connectivity index (χ1) is 17.3. The lowest BCUT2D eigenvalue weighted by molar-refractivity contribution is -0.131. The van der Waals surface area contributed by atoms with Crippen molar-refractivity contribution < 1.29 is 23.1 Å². The SMILES string of the molecule is Cc1ccc(S(=O)(=O)Nc2ncc(-c3ccc(/C=C/C(=O)O)cc3)nc2OCc2cccnc2)cc1. The molecule has 0 aliphatic heterocycles. The fourth-order valence-corrected chi connectivity index (χ4v) is 4.16. The van der Waals surface area contributed by atoms with Crippen LogP contribution in [0, 0.1) is 6.92 Å². The predicted molar refractivity (Wildman–Crippen MR) is 135 cm³/mol. The molecule has 4 aromatic rings. The van der Waals surface area contributed by atoms with Crippen LogP contribution in [0.15, 0.2) is 90.2 Å². The summed E-state index contributed by atoms with van der Waals surface area (Å²) in [6, 6.07) is 17.0. The van der Waals surface area contributed by atoms with Crippen molar-refractivity contribution in [2.45, 2.75) is 18.4 Å². The van der Waals surface area contributed by atoms with Gasteiger partial charge in [0.15, 0.2) is 0 Å². The van der Waals surface area contributed by atoms with E-state index in [0.717, 1.165) is 17.2 Å². The van der Waals surface area contributed by atoms with Crippen molar-refractivity contribution in [2.24, 2.45) is 0 Å². The molecule has 2 aromatic heterocycles. The highest BCUT2D eigenvalue weighted by Gasteiger charge is 2.20. The molecule has 0 atom stereocenters. The third-order valence-corrected chi connectivity index (χ3v) is 6.38. The van der Waals surface area contributed by atoms with Crippen LogP contribution in [0.1, 0.15) is 16.7 Å². The summed E-state index contributed by atoms with van der Waals surface area (Å²) in [5.41, 5.74) is 3.54. The third-order valence-electron chi connectivity index (χ3n) is 5.03. The number of ether oxygens (including phenoxy) is 1. The van der Waals surface area contributed by atoms with Crippen molar-refractivity contribution in [2.75, 3.05) is 4.72 Å². The van der Waals surface area contributed by atoms with Gasteiger partial charge in [-0.05, 0) is 36.8 Å². The minimum atomic E-state index is -3.93. The zero-order chi connectivity index (χ0) is 25.5. The number of rotatable bonds is 9. The summed E-state index contributed by atoms with van der Waals surface area (Å²) >= 11 is 0. The van der Waals surface area contributed by atoms with Gasteiger partial charge in [-0.1, -0.05) is 48.0 Å². The van der Waals surface area contributed by atoms with E-state index >= 15 is 0 Å². The molecule has 4 rings (SSSR count). The average molecular weight is 503 g/mol. The van der Waals surface area contributed by atoms with E-state index in [2.05, 4.69) is 19.7 Å². The number of aryl methyl sites for hydroxylation is 1. The number of sulfonamides is 1. The summed E-state index contributed by atoms with van der Waals surface area (Å²) in [4.78, 5) is 23.7. The molecule has 10 heteroatoms. The second-order valence-electron chi connectivity index (χ2n) is 7.77. The number of carboxylic acids is 1. The van der Waals surface area contributed by atoms with Crippen molar-refractivity contribution in [3.8, 4) is 17.1 Å². The third kappa shape index (κ3) is 6.30. The molecule has 0 aliphatic rings. The fraction of sp³-hybridized carbons (Fsp3) is 0.0769. The average Bonchev–Trinajstić information content (AvgIpc) is 2.88. The van der Waals surface area contributed by atoms with Gasteiger partial charge in [0.1, 0.15) is 6.61 Å². The van der Waals surface area contributed by atoms with Gasteiger partial charge in [-0.2, -0.15) is 0 Å². The Hall–Kier alpha value is -4.57. The Bertz CT molecular complexity index is 1490. The van der Waals surface area contributed by atoms with Gasteiger partial charge in [0.05, 0.1) is 16.8 Å². The van der Waals surface area contributed by atoms with Crippen LogP contribution in [-0.4, -0.2) is 34.4 Å². The second kappa shape index (κ2) is 10.8. The standard InChI is InChI=1S/C26H22N4O5S/c1-18-4-11-22(12-5-18)36(33,34)30-25-26(35-17-20-3-2-14-27-15-20)29-23(16-28-25)21-9-6-19(7-10-21)8-13-24(31)32/h2-16H,17H2,1H3,(H,28,30)(H,31,32)/b13-8+. The van der Waals surface area contributed by atoms with Crippen molar-refractivity contribution in [3.05, 3.63) is 102 Å². The Morgan fingerprint density at radius 3 is 2.47 bits per heavy atom. The number of aromatic nitrogens is 3. The first kappa shape index (κ1) is 24.6. The summed E-state index contributed by atoms with van der Waals surface area (Å²) < 4.78 is 34.2. The minimum absolute atomic E-state index is 0.00175. The molecule has 182 valence electrons. The quantitative estimate of drug-likeness (QED) is 0.324. The number of hydrogen-bond acceptors (Lipinski definition) is 7. The van der Waals surface area contributed by atoms with Crippen LogP contribution >= 0.6 is 0 Å². The van der Waals surface area contributed by atoms with Crippen molar-refractivity contribution in [1.82, 2.24) is 15.0 Å². The first-order valence-electron chi connectivity index (χ1n) is 10.8.